The Morgan fingerprint density at radius 1 is 1.22 bits per heavy atom. The largest absolute Gasteiger partial charge is 0.406 e. The van der Waals surface area contributed by atoms with Crippen molar-refractivity contribution in [3.8, 4) is 0 Å². The molecule has 0 unspecified atom stereocenters. The average molecular weight is 444 g/mol. The number of carbonyl (C=O) groups excluding carboxylic acids is 2. The first-order chi connectivity index (χ1) is 15.3. The van der Waals surface area contributed by atoms with Crippen LogP contribution < -0.4 is 10.2 Å². The van der Waals surface area contributed by atoms with Gasteiger partial charge >= 0.3 is 6.18 Å². The lowest BCUT2D eigenvalue weighted by molar-refractivity contribution is -0.118. The van der Waals surface area contributed by atoms with Crippen LogP contribution in [0.3, 0.4) is 0 Å². The molecule has 1 amide bonds. The van der Waals surface area contributed by atoms with Crippen molar-refractivity contribution in [2.75, 3.05) is 25.0 Å². The summed E-state index contributed by atoms with van der Waals surface area (Å²) >= 11 is 0. The third-order valence-corrected chi connectivity index (χ3v) is 5.04. The van der Waals surface area contributed by atoms with Crippen molar-refractivity contribution in [2.45, 2.75) is 19.1 Å². The number of aldehydes is 1. The van der Waals surface area contributed by atoms with E-state index in [-0.39, 0.29) is 16.9 Å². The van der Waals surface area contributed by atoms with E-state index in [0.717, 1.165) is 24.6 Å². The third-order valence-electron chi connectivity index (χ3n) is 5.04. The van der Waals surface area contributed by atoms with Crippen LogP contribution in [0.2, 0.25) is 0 Å². The van der Waals surface area contributed by atoms with Gasteiger partial charge in [-0.15, -0.1) is 0 Å². The summed E-state index contributed by atoms with van der Waals surface area (Å²) in [5, 5.41) is 3.75. The summed E-state index contributed by atoms with van der Waals surface area (Å²) in [7, 11) is 1.82. The maximum atomic E-state index is 13.4. The zero-order chi connectivity index (χ0) is 23.3. The molecule has 2 aromatic carbocycles. The van der Waals surface area contributed by atoms with Gasteiger partial charge in [-0.3, -0.25) is 19.5 Å². The van der Waals surface area contributed by atoms with E-state index in [1.165, 1.54) is 30.3 Å². The number of alkyl halides is 3. The molecule has 6 nitrogen and oxygen atoms in total. The van der Waals surface area contributed by atoms with Gasteiger partial charge in [-0.25, -0.2) is 0 Å². The summed E-state index contributed by atoms with van der Waals surface area (Å²) in [6.45, 7) is 3.16. The molecule has 1 heterocycles. The maximum Gasteiger partial charge on any atom is 0.406 e. The second-order valence-electron chi connectivity index (χ2n) is 7.22. The Morgan fingerprint density at radius 2 is 1.97 bits per heavy atom. The number of halogens is 3. The van der Waals surface area contributed by atoms with Crippen LogP contribution in [-0.4, -0.2) is 49.8 Å². The summed E-state index contributed by atoms with van der Waals surface area (Å²) in [6.07, 6.45) is -3.16. The topological polar surface area (TPSA) is 66.7 Å². The molecular formula is C23H23F3N4O2. The van der Waals surface area contributed by atoms with Crippen LogP contribution in [0.1, 0.15) is 27.3 Å². The van der Waals surface area contributed by atoms with Gasteiger partial charge < -0.3 is 9.88 Å². The van der Waals surface area contributed by atoms with Gasteiger partial charge in [0, 0.05) is 23.0 Å². The highest BCUT2D eigenvalue weighted by atomic mass is 19.4. The van der Waals surface area contributed by atoms with Gasteiger partial charge in [-0.2, -0.15) is 13.2 Å². The predicted molar refractivity (Wildman–Crippen MR) is 119 cm³/mol. The van der Waals surface area contributed by atoms with Gasteiger partial charge in [0.25, 0.3) is 5.91 Å². The Hall–Kier alpha value is -3.46. The molecule has 0 aliphatic rings. The number of hydrogen-bond donors (Lipinski definition) is 1. The van der Waals surface area contributed by atoms with Gasteiger partial charge in [-0.05, 0) is 57.1 Å². The number of hydrogen-bond acceptors (Lipinski definition) is 4. The van der Waals surface area contributed by atoms with Crippen LogP contribution in [0.4, 0.5) is 24.5 Å². The molecule has 0 aliphatic carbocycles. The molecule has 0 radical (unpaired) electrons. The van der Waals surface area contributed by atoms with E-state index in [4.69, 9.17) is 0 Å². The van der Waals surface area contributed by atoms with Crippen LogP contribution in [-0.2, 0) is 6.54 Å². The fourth-order valence-corrected chi connectivity index (χ4v) is 3.60. The molecule has 3 aromatic rings. The number of nitrogens with zero attached hydrogens (tertiary/aromatic N) is 3. The van der Waals surface area contributed by atoms with Crippen LogP contribution in [0.5, 0.6) is 0 Å². The molecule has 0 saturated heterocycles. The van der Waals surface area contributed by atoms with Crippen molar-refractivity contribution < 1.29 is 22.8 Å². The number of aryl methyl sites for hydroxylation is 1. The highest BCUT2D eigenvalue weighted by Crippen LogP contribution is 2.32. The smallest absolute Gasteiger partial charge is 0.338 e. The fourth-order valence-electron chi connectivity index (χ4n) is 3.60. The van der Waals surface area contributed by atoms with Crippen LogP contribution in [0, 0.1) is 0 Å². The number of amides is 1. The second-order valence-corrected chi connectivity index (χ2v) is 7.22. The molecule has 0 atom stereocenters. The number of nitrogens with one attached hydrogen (secondary N) is 1. The van der Waals surface area contributed by atoms with E-state index in [1.54, 1.807) is 22.8 Å². The van der Waals surface area contributed by atoms with Gasteiger partial charge in [0.1, 0.15) is 6.54 Å². The average Bonchev–Trinajstić information content (AvgIpc) is 3.13. The van der Waals surface area contributed by atoms with Crippen molar-refractivity contribution in [1.82, 2.24) is 9.88 Å². The van der Waals surface area contributed by atoms with Crippen molar-refractivity contribution in [3.63, 3.8) is 0 Å². The van der Waals surface area contributed by atoms with Crippen molar-refractivity contribution >= 4 is 41.2 Å². The minimum Gasteiger partial charge on any atom is -0.338 e. The second kappa shape index (κ2) is 9.78. The molecule has 168 valence electrons. The molecule has 1 N–H and O–H groups in total. The van der Waals surface area contributed by atoms with Crippen molar-refractivity contribution in [2.24, 2.45) is 4.99 Å². The van der Waals surface area contributed by atoms with E-state index in [0.29, 0.717) is 22.7 Å². The molecule has 9 heteroatoms. The standard InChI is InChI=1S/C23H23F3N4O2/c1-27-10-5-11-29-18(14-31)12-16-8-9-17(13-21(16)29)22(32)30(15-23(24,25)26)20-7-4-3-6-19(20)28-2/h3-4,6-9,12-14,27H,2,5,10-11,15H2,1H3. The van der Waals surface area contributed by atoms with E-state index < -0.39 is 18.6 Å². The summed E-state index contributed by atoms with van der Waals surface area (Å²) in [6, 6.07) is 12.3. The molecule has 3 rings (SSSR count). The van der Waals surface area contributed by atoms with Crippen LogP contribution in [0.25, 0.3) is 10.9 Å². The molecule has 0 saturated carbocycles. The molecule has 0 bridgehead atoms. The normalized spacial score (nSPS) is 11.5. The monoisotopic (exact) mass is 444 g/mol. The van der Waals surface area contributed by atoms with Crippen molar-refractivity contribution in [1.29, 1.82) is 0 Å². The summed E-state index contributed by atoms with van der Waals surface area (Å²) in [5.74, 6) is -0.823. The van der Waals surface area contributed by atoms with E-state index in [9.17, 15) is 22.8 Å². The maximum absolute atomic E-state index is 13.4. The first kappa shape index (κ1) is 23.2. The third kappa shape index (κ3) is 5.05. The minimum atomic E-state index is -4.62. The lowest BCUT2D eigenvalue weighted by Crippen LogP contribution is -2.39. The molecule has 0 aliphatic heterocycles. The number of aromatic nitrogens is 1. The zero-order valence-corrected chi connectivity index (χ0v) is 17.5. The lowest BCUT2D eigenvalue weighted by atomic mass is 10.1. The number of aliphatic imine (C=N–C) groups is 1. The van der Waals surface area contributed by atoms with Gasteiger partial charge in [0.2, 0.25) is 0 Å². The van der Waals surface area contributed by atoms with Gasteiger partial charge in [0.15, 0.2) is 6.29 Å². The number of anilines is 1. The minimum absolute atomic E-state index is 0.0166. The number of fused-ring (bicyclic) bond motifs is 1. The highest BCUT2D eigenvalue weighted by Gasteiger charge is 2.35. The van der Waals surface area contributed by atoms with Crippen molar-refractivity contribution in [3.05, 3.63) is 59.8 Å². The Balaban J connectivity index is 2.07. The SMILES string of the molecule is C=Nc1ccccc1N(CC(F)(F)F)C(=O)c1ccc2cc(C=O)n(CCCNC)c2c1. The summed E-state index contributed by atoms with van der Waals surface area (Å²) < 4.78 is 41.8. The van der Waals surface area contributed by atoms with E-state index in [2.05, 4.69) is 17.0 Å². The molecule has 0 fully saturated rings. The summed E-state index contributed by atoms with van der Waals surface area (Å²) in [5.41, 5.74) is 1.31. The number of carbonyl (C=O) groups is 2. The lowest BCUT2D eigenvalue weighted by Gasteiger charge is -2.25. The number of para-hydroxylation sites is 2. The Morgan fingerprint density at radius 3 is 2.62 bits per heavy atom. The molecule has 32 heavy (non-hydrogen) atoms. The molecule has 0 spiro atoms. The van der Waals surface area contributed by atoms with Crippen LogP contribution >= 0.6 is 0 Å². The van der Waals surface area contributed by atoms with Gasteiger partial charge in [0.05, 0.1) is 17.1 Å². The van der Waals surface area contributed by atoms with Gasteiger partial charge in [-0.1, -0.05) is 18.2 Å². The molecule has 1 aromatic heterocycles. The predicted octanol–water partition coefficient (Wildman–Crippen LogP) is 4.60. The first-order valence-corrected chi connectivity index (χ1v) is 9.96. The number of benzene rings is 2. The van der Waals surface area contributed by atoms with Crippen LogP contribution in [0.15, 0.2) is 53.5 Å². The number of rotatable bonds is 9. The fraction of sp³-hybridized carbons (Fsp3) is 0.261. The van der Waals surface area contributed by atoms with E-state index in [1.807, 2.05) is 7.05 Å². The molecular weight excluding hydrogens is 421 g/mol. The Bertz CT molecular complexity index is 1140. The highest BCUT2D eigenvalue weighted by molar-refractivity contribution is 6.09. The Labute approximate surface area is 183 Å². The zero-order valence-electron chi connectivity index (χ0n) is 17.5. The quantitative estimate of drug-likeness (QED) is 0.298. The van der Waals surface area contributed by atoms with E-state index >= 15 is 0 Å². The summed E-state index contributed by atoms with van der Waals surface area (Å²) in [4.78, 5) is 29.2. The first-order valence-electron chi connectivity index (χ1n) is 9.96. The Kier molecular flexibility index (Phi) is 7.09.